The number of aryl methyl sites for hydroxylation is 1. The molecule has 0 amide bonds. The number of rotatable bonds is 2. The lowest BCUT2D eigenvalue weighted by atomic mass is 10.0. The van der Waals surface area contributed by atoms with Crippen molar-refractivity contribution in [1.82, 2.24) is 9.97 Å². The van der Waals surface area contributed by atoms with Crippen molar-refractivity contribution in [3.63, 3.8) is 0 Å². The lowest BCUT2D eigenvalue weighted by Crippen LogP contribution is -2.09. The van der Waals surface area contributed by atoms with Crippen LogP contribution in [0.3, 0.4) is 0 Å². The van der Waals surface area contributed by atoms with Gasteiger partial charge < -0.3 is 10.8 Å². The summed E-state index contributed by atoms with van der Waals surface area (Å²) in [5.41, 5.74) is 7.06. The molecule has 1 aromatic carbocycles. The van der Waals surface area contributed by atoms with Gasteiger partial charge in [0.25, 0.3) is 0 Å². The zero-order valence-corrected chi connectivity index (χ0v) is 9.21. The zero-order valence-electron chi connectivity index (χ0n) is 9.21. The second-order valence-electron chi connectivity index (χ2n) is 3.56. The third-order valence-corrected chi connectivity index (χ3v) is 2.37. The van der Waals surface area contributed by atoms with Crippen LogP contribution in [-0.4, -0.2) is 21.0 Å². The number of carbonyl (C=O) groups is 1. The molecule has 86 valence electrons. The van der Waals surface area contributed by atoms with Crippen LogP contribution in [-0.2, 0) is 0 Å². The van der Waals surface area contributed by atoms with Crippen LogP contribution >= 0.6 is 0 Å². The molecule has 0 saturated heterocycles. The average molecular weight is 229 g/mol. The van der Waals surface area contributed by atoms with Crippen molar-refractivity contribution in [1.29, 1.82) is 0 Å². The predicted octanol–water partition coefficient (Wildman–Crippen LogP) is 1.73. The molecular weight excluding hydrogens is 218 g/mol. The number of nitrogen functional groups attached to an aromatic ring is 1. The second kappa shape index (κ2) is 4.21. The van der Waals surface area contributed by atoms with E-state index in [-0.39, 0.29) is 11.5 Å². The lowest BCUT2D eigenvalue weighted by Gasteiger charge is -2.08. The van der Waals surface area contributed by atoms with Gasteiger partial charge in [0.1, 0.15) is 5.56 Å². The maximum atomic E-state index is 11.2. The van der Waals surface area contributed by atoms with Gasteiger partial charge in [0.2, 0.25) is 5.95 Å². The maximum Gasteiger partial charge on any atom is 0.339 e. The van der Waals surface area contributed by atoms with Crippen LogP contribution in [0.25, 0.3) is 11.3 Å². The highest BCUT2D eigenvalue weighted by Gasteiger charge is 2.18. The molecule has 2 aromatic rings. The van der Waals surface area contributed by atoms with E-state index < -0.39 is 5.97 Å². The van der Waals surface area contributed by atoms with Gasteiger partial charge in [-0.2, -0.15) is 0 Å². The van der Waals surface area contributed by atoms with E-state index in [1.807, 2.05) is 18.2 Å². The van der Waals surface area contributed by atoms with E-state index in [0.717, 1.165) is 0 Å². The summed E-state index contributed by atoms with van der Waals surface area (Å²) in [6, 6.07) is 9.05. The Bertz CT molecular complexity index is 567. The third-order valence-electron chi connectivity index (χ3n) is 2.37. The number of carboxylic acids is 1. The summed E-state index contributed by atoms with van der Waals surface area (Å²) in [6.45, 7) is 1.61. The van der Waals surface area contributed by atoms with Gasteiger partial charge in [0.05, 0.1) is 11.4 Å². The van der Waals surface area contributed by atoms with Crippen LogP contribution in [0.5, 0.6) is 0 Å². The summed E-state index contributed by atoms with van der Waals surface area (Å²) >= 11 is 0. The molecule has 5 heteroatoms. The predicted molar refractivity (Wildman–Crippen MR) is 63.6 cm³/mol. The number of aromatic carboxylic acids is 1. The third kappa shape index (κ3) is 2.08. The standard InChI is InChI=1S/C12H11N3O2/c1-7-9(11(16)17)10(15-12(13)14-7)8-5-3-2-4-6-8/h2-6H,1H3,(H,16,17)(H2,13,14,15). The van der Waals surface area contributed by atoms with Crippen molar-refractivity contribution in [3.8, 4) is 11.3 Å². The van der Waals surface area contributed by atoms with Gasteiger partial charge in [0.15, 0.2) is 0 Å². The number of nitrogens with zero attached hydrogens (tertiary/aromatic N) is 2. The van der Waals surface area contributed by atoms with Crippen molar-refractivity contribution >= 4 is 11.9 Å². The van der Waals surface area contributed by atoms with Crippen LogP contribution in [0, 0.1) is 6.92 Å². The first-order valence-corrected chi connectivity index (χ1v) is 5.02. The number of hydrogen-bond acceptors (Lipinski definition) is 4. The summed E-state index contributed by atoms with van der Waals surface area (Å²) < 4.78 is 0. The first kappa shape index (κ1) is 11.1. The molecule has 1 aromatic heterocycles. The van der Waals surface area contributed by atoms with Gasteiger partial charge in [-0.15, -0.1) is 0 Å². The number of carboxylic acid groups (broad SMARTS) is 1. The van der Waals surface area contributed by atoms with Crippen molar-refractivity contribution in [2.75, 3.05) is 5.73 Å². The van der Waals surface area contributed by atoms with Crippen LogP contribution < -0.4 is 5.73 Å². The molecule has 5 nitrogen and oxygen atoms in total. The van der Waals surface area contributed by atoms with E-state index in [2.05, 4.69) is 9.97 Å². The number of benzene rings is 1. The molecule has 0 atom stereocenters. The second-order valence-corrected chi connectivity index (χ2v) is 3.56. The Morgan fingerprint density at radius 1 is 1.24 bits per heavy atom. The number of aromatic nitrogens is 2. The van der Waals surface area contributed by atoms with E-state index in [1.54, 1.807) is 19.1 Å². The fraction of sp³-hybridized carbons (Fsp3) is 0.0833. The molecule has 2 rings (SSSR count). The SMILES string of the molecule is Cc1nc(N)nc(-c2ccccc2)c1C(=O)O. The van der Waals surface area contributed by atoms with Crippen molar-refractivity contribution in [2.45, 2.75) is 6.92 Å². The largest absolute Gasteiger partial charge is 0.478 e. The molecule has 0 saturated carbocycles. The Balaban J connectivity index is 2.72. The molecular formula is C12H11N3O2. The number of anilines is 1. The highest BCUT2D eigenvalue weighted by Crippen LogP contribution is 2.23. The van der Waals surface area contributed by atoms with Crippen LogP contribution in [0.4, 0.5) is 5.95 Å². The topological polar surface area (TPSA) is 89.1 Å². The maximum absolute atomic E-state index is 11.2. The van der Waals surface area contributed by atoms with E-state index in [0.29, 0.717) is 17.0 Å². The molecule has 1 heterocycles. The van der Waals surface area contributed by atoms with Crippen molar-refractivity contribution in [2.24, 2.45) is 0 Å². The summed E-state index contributed by atoms with van der Waals surface area (Å²) in [5, 5.41) is 9.18. The van der Waals surface area contributed by atoms with E-state index in [4.69, 9.17) is 5.73 Å². The van der Waals surface area contributed by atoms with Gasteiger partial charge in [-0.05, 0) is 6.92 Å². The average Bonchev–Trinajstić information content (AvgIpc) is 2.28. The quantitative estimate of drug-likeness (QED) is 0.818. The van der Waals surface area contributed by atoms with Gasteiger partial charge in [-0.25, -0.2) is 14.8 Å². The molecule has 0 aliphatic carbocycles. The molecule has 0 unspecified atom stereocenters. The fourth-order valence-corrected chi connectivity index (χ4v) is 1.66. The van der Waals surface area contributed by atoms with Crippen LogP contribution in [0.15, 0.2) is 30.3 Å². The van der Waals surface area contributed by atoms with Crippen LogP contribution in [0.1, 0.15) is 16.1 Å². The first-order chi connectivity index (χ1) is 8.09. The summed E-state index contributed by atoms with van der Waals surface area (Å²) in [5.74, 6) is -0.979. The summed E-state index contributed by atoms with van der Waals surface area (Å²) in [7, 11) is 0. The number of hydrogen-bond donors (Lipinski definition) is 2. The van der Waals surface area contributed by atoms with Gasteiger partial charge in [-0.3, -0.25) is 0 Å². The monoisotopic (exact) mass is 229 g/mol. The molecule has 0 aliphatic heterocycles. The minimum absolute atomic E-state index is 0.0753. The molecule has 0 bridgehead atoms. The molecule has 0 aliphatic rings. The van der Waals surface area contributed by atoms with Crippen LogP contribution in [0.2, 0.25) is 0 Å². The van der Waals surface area contributed by atoms with Gasteiger partial charge in [0, 0.05) is 5.56 Å². The van der Waals surface area contributed by atoms with Crippen molar-refractivity contribution < 1.29 is 9.90 Å². The highest BCUT2D eigenvalue weighted by atomic mass is 16.4. The molecule has 0 fully saturated rings. The van der Waals surface area contributed by atoms with Gasteiger partial charge in [-0.1, -0.05) is 30.3 Å². The fourth-order valence-electron chi connectivity index (χ4n) is 1.66. The van der Waals surface area contributed by atoms with E-state index in [1.165, 1.54) is 0 Å². The Labute approximate surface area is 98.0 Å². The Kier molecular flexibility index (Phi) is 2.74. The Hall–Kier alpha value is -2.43. The van der Waals surface area contributed by atoms with E-state index in [9.17, 15) is 9.90 Å². The van der Waals surface area contributed by atoms with Crippen molar-refractivity contribution in [3.05, 3.63) is 41.6 Å². The van der Waals surface area contributed by atoms with E-state index >= 15 is 0 Å². The minimum Gasteiger partial charge on any atom is -0.478 e. The molecule has 0 spiro atoms. The first-order valence-electron chi connectivity index (χ1n) is 5.02. The van der Waals surface area contributed by atoms with Gasteiger partial charge >= 0.3 is 5.97 Å². The molecule has 0 radical (unpaired) electrons. The molecule has 3 N–H and O–H groups in total. The highest BCUT2D eigenvalue weighted by molar-refractivity contribution is 5.96. The number of nitrogens with two attached hydrogens (primary N) is 1. The molecule has 17 heavy (non-hydrogen) atoms. The zero-order chi connectivity index (χ0) is 12.4. The Morgan fingerprint density at radius 3 is 2.47 bits per heavy atom. The smallest absolute Gasteiger partial charge is 0.339 e. The minimum atomic E-state index is -1.05. The normalized spacial score (nSPS) is 10.2. The Morgan fingerprint density at radius 2 is 1.88 bits per heavy atom. The summed E-state index contributed by atoms with van der Waals surface area (Å²) in [4.78, 5) is 19.1. The lowest BCUT2D eigenvalue weighted by molar-refractivity contribution is 0.0696. The summed E-state index contributed by atoms with van der Waals surface area (Å²) in [6.07, 6.45) is 0.